The summed E-state index contributed by atoms with van der Waals surface area (Å²) in [5.41, 5.74) is 0.720. The number of rotatable bonds is 7. The van der Waals surface area contributed by atoms with Crippen LogP contribution in [-0.4, -0.2) is 25.3 Å². The zero-order valence-corrected chi connectivity index (χ0v) is 13.5. The Bertz CT molecular complexity index is 476. The molecule has 1 heterocycles. The minimum absolute atomic E-state index is 0.0683. The molecule has 116 valence electrons. The lowest BCUT2D eigenvalue weighted by Gasteiger charge is -2.35. The van der Waals surface area contributed by atoms with Gasteiger partial charge in [-0.05, 0) is 30.7 Å². The highest BCUT2D eigenvalue weighted by molar-refractivity contribution is 5.76. The van der Waals surface area contributed by atoms with E-state index in [1.807, 2.05) is 25.1 Å². The van der Waals surface area contributed by atoms with Gasteiger partial charge in [-0.3, -0.25) is 4.79 Å². The van der Waals surface area contributed by atoms with Crippen molar-refractivity contribution in [3.8, 4) is 0 Å². The van der Waals surface area contributed by atoms with E-state index in [1.54, 1.807) is 0 Å². The molecule has 0 aromatic heterocycles. The molecule has 0 saturated carbocycles. The smallest absolute Gasteiger partial charge is 0.311 e. The van der Waals surface area contributed by atoms with Crippen LogP contribution in [0.1, 0.15) is 46.1 Å². The van der Waals surface area contributed by atoms with E-state index < -0.39 is 5.41 Å². The van der Waals surface area contributed by atoms with Crippen molar-refractivity contribution in [1.82, 2.24) is 0 Å². The highest BCUT2D eigenvalue weighted by Crippen LogP contribution is 2.39. The lowest BCUT2D eigenvalue weighted by Crippen LogP contribution is -2.36. The fourth-order valence-electron chi connectivity index (χ4n) is 2.82. The quantitative estimate of drug-likeness (QED) is 0.567. The number of carbonyl (C=O) groups is 1. The Morgan fingerprint density at radius 2 is 1.90 bits per heavy atom. The first-order chi connectivity index (χ1) is 9.87. The first-order valence-electron chi connectivity index (χ1n) is 7.72. The van der Waals surface area contributed by atoms with Crippen molar-refractivity contribution in [2.75, 3.05) is 13.2 Å². The van der Waals surface area contributed by atoms with Crippen molar-refractivity contribution < 1.29 is 14.3 Å². The first-order valence-corrected chi connectivity index (χ1v) is 7.72. The SMILES string of the molecule is CCC(C)(CC(C)(C)c1ccccc1)C(=O)OCC1CO1. The maximum absolute atomic E-state index is 12.5. The monoisotopic (exact) mass is 290 g/mol. The summed E-state index contributed by atoms with van der Waals surface area (Å²) in [5, 5.41) is 0. The summed E-state index contributed by atoms with van der Waals surface area (Å²) < 4.78 is 10.5. The number of esters is 1. The third-order valence-corrected chi connectivity index (χ3v) is 4.46. The van der Waals surface area contributed by atoms with Crippen LogP contribution in [0, 0.1) is 5.41 Å². The summed E-state index contributed by atoms with van der Waals surface area (Å²) in [6.07, 6.45) is 1.66. The molecule has 0 radical (unpaired) electrons. The fourth-order valence-corrected chi connectivity index (χ4v) is 2.82. The van der Waals surface area contributed by atoms with Crippen LogP contribution in [0.4, 0.5) is 0 Å². The Morgan fingerprint density at radius 1 is 1.29 bits per heavy atom. The topological polar surface area (TPSA) is 38.8 Å². The van der Waals surface area contributed by atoms with Gasteiger partial charge in [-0.1, -0.05) is 51.1 Å². The van der Waals surface area contributed by atoms with Crippen LogP contribution in [0.15, 0.2) is 30.3 Å². The fraction of sp³-hybridized carbons (Fsp3) is 0.611. The summed E-state index contributed by atoms with van der Waals surface area (Å²) in [5.74, 6) is -0.107. The number of benzene rings is 1. The summed E-state index contributed by atoms with van der Waals surface area (Å²) in [6, 6.07) is 10.4. The van der Waals surface area contributed by atoms with Crippen LogP contribution in [-0.2, 0) is 19.7 Å². The van der Waals surface area contributed by atoms with Gasteiger partial charge in [0.15, 0.2) is 0 Å². The van der Waals surface area contributed by atoms with Crippen molar-refractivity contribution in [2.45, 2.75) is 52.1 Å². The average molecular weight is 290 g/mol. The zero-order chi connectivity index (χ0) is 15.5. The highest BCUT2D eigenvalue weighted by atomic mass is 16.6. The molecule has 2 rings (SSSR count). The standard InChI is InChI=1S/C18H26O3/c1-5-18(4,16(19)21-12-15-11-20-15)13-17(2,3)14-9-7-6-8-10-14/h6-10,15H,5,11-13H2,1-4H3. The largest absolute Gasteiger partial charge is 0.462 e. The molecule has 0 spiro atoms. The summed E-state index contributed by atoms with van der Waals surface area (Å²) in [4.78, 5) is 12.5. The predicted octanol–water partition coefficient (Wildman–Crippen LogP) is 3.71. The molecule has 1 fully saturated rings. The van der Waals surface area contributed by atoms with E-state index in [4.69, 9.17) is 9.47 Å². The maximum atomic E-state index is 12.5. The molecular formula is C18H26O3. The number of carbonyl (C=O) groups excluding carboxylic acids is 1. The van der Waals surface area contributed by atoms with E-state index >= 15 is 0 Å². The lowest BCUT2D eigenvalue weighted by atomic mass is 9.69. The third-order valence-electron chi connectivity index (χ3n) is 4.46. The maximum Gasteiger partial charge on any atom is 0.311 e. The molecule has 0 aliphatic carbocycles. The summed E-state index contributed by atoms with van der Waals surface area (Å²) >= 11 is 0. The van der Waals surface area contributed by atoms with Gasteiger partial charge in [0.05, 0.1) is 12.0 Å². The summed E-state index contributed by atoms with van der Waals surface area (Å²) in [7, 11) is 0. The van der Waals surface area contributed by atoms with Crippen LogP contribution >= 0.6 is 0 Å². The van der Waals surface area contributed by atoms with Gasteiger partial charge < -0.3 is 9.47 Å². The second-order valence-corrected chi connectivity index (χ2v) is 6.89. The van der Waals surface area contributed by atoms with Gasteiger partial charge >= 0.3 is 5.97 Å². The van der Waals surface area contributed by atoms with Crippen molar-refractivity contribution in [2.24, 2.45) is 5.41 Å². The van der Waals surface area contributed by atoms with Crippen LogP contribution in [0.25, 0.3) is 0 Å². The third kappa shape index (κ3) is 4.07. The number of hydrogen-bond donors (Lipinski definition) is 0. The number of ether oxygens (including phenoxy) is 2. The van der Waals surface area contributed by atoms with Gasteiger partial charge in [-0.2, -0.15) is 0 Å². The van der Waals surface area contributed by atoms with Crippen LogP contribution in [0.5, 0.6) is 0 Å². The molecule has 0 bridgehead atoms. The van der Waals surface area contributed by atoms with Gasteiger partial charge in [-0.15, -0.1) is 0 Å². The zero-order valence-electron chi connectivity index (χ0n) is 13.5. The van der Waals surface area contributed by atoms with E-state index in [9.17, 15) is 4.79 Å². The van der Waals surface area contributed by atoms with Crippen LogP contribution < -0.4 is 0 Å². The van der Waals surface area contributed by atoms with E-state index in [0.717, 1.165) is 12.8 Å². The molecule has 3 heteroatoms. The van der Waals surface area contributed by atoms with Gasteiger partial charge in [0.25, 0.3) is 0 Å². The van der Waals surface area contributed by atoms with E-state index in [1.165, 1.54) is 5.56 Å². The van der Waals surface area contributed by atoms with Crippen molar-refractivity contribution in [3.05, 3.63) is 35.9 Å². The Morgan fingerprint density at radius 3 is 2.43 bits per heavy atom. The molecule has 1 aliphatic heterocycles. The van der Waals surface area contributed by atoms with Gasteiger partial charge in [0.2, 0.25) is 0 Å². The molecule has 2 atom stereocenters. The average Bonchev–Trinajstić information content (AvgIpc) is 3.29. The number of epoxide rings is 1. The second kappa shape index (κ2) is 6.18. The normalized spacial score (nSPS) is 20.7. The van der Waals surface area contributed by atoms with Gasteiger partial charge in [0, 0.05) is 0 Å². The molecular weight excluding hydrogens is 264 g/mol. The first kappa shape index (κ1) is 16.0. The van der Waals surface area contributed by atoms with E-state index in [-0.39, 0.29) is 17.5 Å². The highest BCUT2D eigenvalue weighted by Gasteiger charge is 2.40. The number of hydrogen-bond acceptors (Lipinski definition) is 3. The van der Waals surface area contributed by atoms with Crippen molar-refractivity contribution in [3.63, 3.8) is 0 Å². The Kier molecular flexibility index (Phi) is 4.72. The molecule has 1 aliphatic rings. The Balaban J connectivity index is 2.06. The minimum atomic E-state index is -0.464. The van der Waals surface area contributed by atoms with Crippen molar-refractivity contribution >= 4 is 5.97 Å². The summed E-state index contributed by atoms with van der Waals surface area (Å²) in [6.45, 7) is 9.54. The molecule has 2 unspecified atom stereocenters. The molecule has 0 N–H and O–H groups in total. The van der Waals surface area contributed by atoms with Gasteiger partial charge in [-0.25, -0.2) is 0 Å². The predicted molar refractivity (Wildman–Crippen MR) is 83.2 cm³/mol. The second-order valence-electron chi connectivity index (χ2n) is 6.89. The van der Waals surface area contributed by atoms with E-state index in [0.29, 0.717) is 13.2 Å². The molecule has 21 heavy (non-hydrogen) atoms. The molecule has 1 saturated heterocycles. The van der Waals surface area contributed by atoms with Gasteiger partial charge in [0.1, 0.15) is 12.7 Å². The van der Waals surface area contributed by atoms with E-state index in [2.05, 4.69) is 32.9 Å². The molecule has 1 aromatic rings. The Labute approximate surface area is 127 Å². The van der Waals surface area contributed by atoms with Crippen LogP contribution in [0.2, 0.25) is 0 Å². The minimum Gasteiger partial charge on any atom is -0.462 e. The Hall–Kier alpha value is -1.35. The molecule has 0 amide bonds. The molecule has 1 aromatic carbocycles. The molecule has 3 nitrogen and oxygen atoms in total. The van der Waals surface area contributed by atoms with Crippen molar-refractivity contribution in [1.29, 1.82) is 0 Å². The lowest BCUT2D eigenvalue weighted by molar-refractivity contribution is -0.157. The van der Waals surface area contributed by atoms with Crippen LogP contribution in [0.3, 0.4) is 0 Å².